The van der Waals surface area contributed by atoms with E-state index in [-0.39, 0.29) is 11.2 Å². The molecule has 1 aliphatic heterocycles. The van der Waals surface area contributed by atoms with Gasteiger partial charge in [-0.25, -0.2) is 0 Å². The number of esters is 1. The number of anilines is 1. The number of fused-ring (bicyclic) bond motifs is 1. The van der Waals surface area contributed by atoms with Crippen LogP contribution in [0.2, 0.25) is 0 Å². The lowest BCUT2D eigenvalue weighted by Crippen LogP contribution is -2.24. The van der Waals surface area contributed by atoms with Gasteiger partial charge in [0, 0.05) is 22.4 Å². The zero-order valence-corrected chi connectivity index (χ0v) is 10.0. The third-order valence-electron chi connectivity index (χ3n) is 2.40. The SMILES string of the molecule is CCOC(=O)CC1CNc2ccccc2S1. The summed E-state index contributed by atoms with van der Waals surface area (Å²) < 4.78 is 4.95. The van der Waals surface area contributed by atoms with Crippen molar-refractivity contribution in [3.05, 3.63) is 24.3 Å². The third kappa shape index (κ3) is 2.70. The van der Waals surface area contributed by atoms with Gasteiger partial charge in [0.2, 0.25) is 0 Å². The van der Waals surface area contributed by atoms with Gasteiger partial charge in [0.05, 0.1) is 13.0 Å². The number of rotatable bonds is 3. The molecule has 0 radical (unpaired) electrons. The van der Waals surface area contributed by atoms with Crippen LogP contribution in [-0.2, 0) is 9.53 Å². The van der Waals surface area contributed by atoms with E-state index in [1.54, 1.807) is 11.8 Å². The van der Waals surface area contributed by atoms with Gasteiger partial charge in [-0.15, -0.1) is 11.8 Å². The summed E-state index contributed by atoms with van der Waals surface area (Å²) in [7, 11) is 0. The van der Waals surface area contributed by atoms with Gasteiger partial charge in [-0.3, -0.25) is 4.79 Å². The molecule has 4 heteroatoms. The fourth-order valence-corrected chi connectivity index (χ4v) is 2.85. The molecule has 1 atom stereocenters. The zero-order valence-electron chi connectivity index (χ0n) is 9.23. The predicted octanol–water partition coefficient (Wildman–Crippen LogP) is 2.53. The Balaban J connectivity index is 1.95. The highest BCUT2D eigenvalue weighted by Gasteiger charge is 2.21. The van der Waals surface area contributed by atoms with E-state index < -0.39 is 0 Å². The fraction of sp³-hybridized carbons (Fsp3) is 0.417. The zero-order chi connectivity index (χ0) is 11.4. The Morgan fingerprint density at radius 2 is 2.38 bits per heavy atom. The third-order valence-corrected chi connectivity index (χ3v) is 3.68. The molecule has 3 nitrogen and oxygen atoms in total. The monoisotopic (exact) mass is 237 g/mol. The van der Waals surface area contributed by atoms with Gasteiger partial charge in [-0.1, -0.05) is 12.1 Å². The molecule has 0 amide bonds. The van der Waals surface area contributed by atoms with Gasteiger partial charge in [-0.05, 0) is 19.1 Å². The molecule has 86 valence electrons. The first-order chi connectivity index (χ1) is 7.79. The molecule has 2 rings (SSSR count). The summed E-state index contributed by atoms with van der Waals surface area (Å²) in [6, 6.07) is 8.16. The molecule has 0 fully saturated rings. The smallest absolute Gasteiger partial charge is 0.306 e. The molecule has 0 bridgehead atoms. The number of thioether (sulfide) groups is 1. The minimum atomic E-state index is -0.110. The molecule has 0 saturated heterocycles. The van der Waals surface area contributed by atoms with E-state index in [2.05, 4.69) is 17.4 Å². The normalized spacial score (nSPS) is 18.4. The van der Waals surface area contributed by atoms with E-state index in [1.807, 2.05) is 19.1 Å². The van der Waals surface area contributed by atoms with Crippen molar-refractivity contribution in [3.8, 4) is 0 Å². The van der Waals surface area contributed by atoms with Crippen molar-refractivity contribution in [1.82, 2.24) is 0 Å². The van der Waals surface area contributed by atoms with Gasteiger partial charge < -0.3 is 10.1 Å². The summed E-state index contributed by atoms with van der Waals surface area (Å²) in [5.41, 5.74) is 1.16. The highest BCUT2D eigenvalue weighted by Crippen LogP contribution is 2.35. The van der Waals surface area contributed by atoms with Crippen molar-refractivity contribution in [3.63, 3.8) is 0 Å². The van der Waals surface area contributed by atoms with Crippen LogP contribution >= 0.6 is 11.8 Å². The number of ether oxygens (including phenoxy) is 1. The lowest BCUT2D eigenvalue weighted by molar-refractivity contribution is -0.143. The van der Waals surface area contributed by atoms with Gasteiger partial charge >= 0.3 is 5.97 Å². The van der Waals surface area contributed by atoms with E-state index in [9.17, 15) is 4.79 Å². The molecule has 1 aromatic carbocycles. The molecule has 1 N–H and O–H groups in total. The van der Waals surface area contributed by atoms with Crippen LogP contribution in [0.1, 0.15) is 13.3 Å². The van der Waals surface area contributed by atoms with Crippen molar-refractivity contribution in [1.29, 1.82) is 0 Å². The predicted molar refractivity (Wildman–Crippen MR) is 65.8 cm³/mol. The molecular weight excluding hydrogens is 222 g/mol. The second-order valence-corrected chi connectivity index (χ2v) is 4.97. The van der Waals surface area contributed by atoms with Gasteiger partial charge in [0.15, 0.2) is 0 Å². The number of carbonyl (C=O) groups is 1. The maximum absolute atomic E-state index is 11.4. The first-order valence-corrected chi connectivity index (χ1v) is 6.32. The van der Waals surface area contributed by atoms with Crippen molar-refractivity contribution in [2.75, 3.05) is 18.5 Å². The van der Waals surface area contributed by atoms with Gasteiger partial charge in [-0.2, -0.15) is 0 Å². The highest BCUT2D eigenvalue weighted by molar-refractivity contribution is 8.00. The van der Waals surface area contributed by atoms with Crippen LogP contribution in [0.5, 0.6) is 0 Å². The van der Waals surface area contributed by atoms with Crippen LogP contribution in [0.3, 0.4) is 0 Å². The molecule has 1 aromatic rings. The second kappa shape index (κ2) is 5.25. The summed E-state index contributed by atoms with van der Waals surface area (Å²) in [5.74, 6) is -0.110. The number of hydrogen-bond acceptors (Lipinski definition) is 4. The second-order valence-electron chi connectivity index (χ2n) is 3.63. The lowest BCUT2D eigenvalue weighted by atomic mass is 10.2. The summed E-state index contributed by atoms with van der Waals surface area (Å²) >= 11 is 1.75. The fourth-order valence-electron chi connectivity index (χ4n) is 1.68. The standard InChI is InChI=1S/C12H15NO2S/c1-2-15-12(14)7-9-8-13-10-5-3-4-6-11(10)16-9/h3-6,9,13H,2,7-8H2,1H3. The summed E-state index contributed by atoms with van der Waals surface area (Å²) in [4.78, 5) is 12.6. The number of benzene rings is 1. The van der Waals surface area contributed by atoms with Crippen LogP contribution < -0.4 is 5.32 Å². The van der Waals surface area contributed by atoms with Crippen LogP contribution in [0.25, 0.3) is 0 Å². The van der Waals surface area contributed by atoms with Crippen LogP contribution in [-0.4, -0.2) is 24.4 Å². The summed E-state index contributed by atoms with van der Waals surface area (Å²) in [5, 5.41) is 3.60. The molecule has 0 spiro atoms. The van der Waals surface area contributed by atoms with E-state index in [4.69, 9.17) is 4.74 Å². The molecule has 0 aliphatic carbocycles. The molecule has 1 heterocycles. The number of carbonyl (C=O) groups excluding carboxylic acids is 1. The molecule has 16 heavy (non-hydrogen) atoms. The van der Waals surface area contributed by atoms with E-state index in [0.717, 1.165) is 12.2 Å². The minimum Gasteiger partial charge on any atom is -0.466 e. The summed E-state index contributed by atoms with van der Waals surface area (Å²) in [6.07, 6.45) is 0.472. The Labute approximate surface area is 99.6 Å². The van der Waals surface area contributed by atoms with Crippen molar-refractivity contribution in [2.24, 2.45) is 0 Å². The van der Waals surface area contributed by atoms with E-state index >= 15 is 0 Å². The Morgan fingerprint density at radius 1 is 1.56 bits per heavy atom. The Kier molecular flexibility index (Phi) is 3.72. The average molecular weight is 237 g/mol. The molecule has 1 aliphatic rings. The van der Waals surface area contributed by atoms with Crippen molar-refractivity contribution >= 4 is 23.4 Å². The number of nitrogens with one attached hydrogen (secondary N) is 1. The quantitative estimate of drug-likeness (QED) is 0.820. The first-order valence-electron chi connectivity index (χ1n) is 5.44. The Hall–Kier alpha value is -1.16. The van der Waals surface area contributed by atoms with Crippen LogP contribution in [0, 0.1) is 0 Å². The molecule has 1 unspecified atom stereocenters. The van der Waals surface area contributed by atoms with Crippen LogP contribution in [0.15, 0.2) is 29.2 Å². The maximum atomic E-state index is 11.4. The minimum absolute atomic E-state index is 0.110. The Bertz CT molecular complexity index is 381. The number of para-hydroxylation sites is 1. The van der Waals surface area contributed by atoms with Gasteiger partial charge in [0.1, 0.15) is 0 Å². The first kappa shape index (κ1) is 11.3. The molecule has 0 saturated carbocycles. The molecular formula is C12H15NO2S. The average Bonchev–Trinajstić information content (AvgIpc) is 2.29. The highest BCUT2D eigenvalue weighted by atomic mass is 32.2. The van der Waals surface area contributed by atoms with Crippen molar-refractivity contribution in [2.45, 2.75) is 23.5 Å². The topological polar surface area (TPSA) is 38.3 Å². The lowest BCUT2D eigenvalue weighted by Gasteiger charge is -2.24. The van der Waals surface area contributed by atoms with E-state index in [1.165, 1.54) is 4.90 Å². The molecule has 0 aromatic heterocycles. The number of hydrogen-bond donors (Lipinski definition) is 1. The Morgan fingerprint density at radius 3 is 3.19 bits per heavy atom. The summed E-state index contributed by atoms with van der Waals surface area (Å²) in [6.45, 7) is 3.11. The van der Waals surface area contributed by atoms with E-state index in [0.29, 0.717) is 13.0 Å². The maximum Gasteiger partial charge on any atom is 0.306 e. The largest absolute Gasteiger partial charge is 0.466 e. The van der Waals surface area contributed by atoms with Crippen LogP contribution in [0.4, 0.5) is 5.69 Å². The van der Waals surface area contributed by atoms with Gasteiger partial charge in [0.25, 0.3) is 0 Å². The van der Waals surface area contributed by atoms with Crippen molar-refractivity contribution < 1.29 is 9.53 Å².